The maximum Gasteiger partial charge on any atom is 0.221 e. The normalized spacial score (nSPS) is 11.1. The third kappa shape index (κ3) is 4.19. The van der Waals surface area contributed by atoms with Crippen LogP contribution in [0.3, 0.4) is 0 Å². The molecule has 0 radical (unpaired) electrons. The lowest BCUT2D eigenvalue weighted by Gasteiger charge is -2.16. The molecule has 3 nitrogen and oxygen atoms in total. The van der Waals surface area contributed by atoms with Gasteiger partial charge in [-0.1, -0.05) is 60.7 Å². The minimum absolute atomic E-state index is 0.119. The number of hydrogen-bond donors (Lipinski definition) is 1. The molecule has 0 atom stereocenters. The summed E-state index contributed by atoms with van der Waals surface area (Å²) < 4.78 is 5.32. The first-order chi connectivity index (χ1) is 12.7. The fourth-order valence-electron chi connectivity index (χ4n) is 2.83. The van der Waals surface area contributed by atoms with Crippen molar-refractivity contribution in [1.29, 1.82) is 0 Å². The van der Waals surface area contributed by atoms with E-state index in [9.17, 15) is 4.79 Å². The smallest absolute Gasteiger partial charge is 0.221 e. The zero-order chi connectivity index (χ0) is 18.4. The lowest BCUT2D eigenvalue weighted by Crippen LogP contribution is -2.08. The number of amides is 1. The van der Waals surface area contributed by atoms with Crippen molar-refractivity contribution in [2.24, 2.45) is 0 Å². The number of methoxy groups -OCH3 is 1. The van der Waals surface area contributed by atoms with Gasteiger partial charge in [0, 0.05) is 18.6 Å². The van der Waals surface area contributed by atoms with Crippen LogP contribution in [0.15, 0.2) is 78.9 Å². The van der Waals surface area contributed by atoms with E-state index in [1.807, 2.05) is 54.6 Å². The minimum atomic E-state index is -0.119. The maximum absolute atomic E-state index is 11.7. The first-order valence-corrected chi connectivity index (χ1v) is 8.45. The van der Waals surface area contributed by atoms with Gasteiger partial charge in [0.1, 0.15) is 5.75 Å². The fraction of sp³-hybridized carbons (Fsp3) is 0.0870. The van der Waals surface area contributed by atoms with E-state index in [-0.39, 0.29) is 5.91 Å². The van der Waals surface area contributed by atoms with Gasteiger partial charge in [-0.25, -0.2) is 0 Å². The van der Waals surface area contributed by atoms with Crippen molar-refractivity contribution in [3.8, 4) is 5.75 Å². The van der Waals surface area contributed by atoms with Gasteiger partial charge in [-0.15, -0.1) is 0 Å². The second-order valence-electron chi connectivity index (χ2n) is 5.93. The molecule has 3 aromatic carbocycles. The molecule has 0 aromatic heterocycles. The van der Waals surface area contributed by atoms with Crippen molar-refractivity contribution >= 4 is 23.2 Å². The van der Waals surface area contributed by atoms with Gasteiger partial charge in [-0.2, -0.15) is 0 Å². The van der Waals surface area contributed by atoms with E-state index in [0.717, 1.165) is 28.0 Å². The standard InChI is InChI=1S/C23H21NO2/c1-17(25)24-23-16-20(26-2)13-14-21(23)22(19-11-7-4-8-12-19)15-18-9-5-3-6-10-18/h3-16H,1-2H3,(H,24,25)/b22-15+. The molecule has 0 unspecified atom stereocenters. The molecule has 0 saturated carbocycles. The molecule has 3 rings (SSSR count). The zero-order valence-corrected chi connectivity index (χ0v) is 14.9. The highest BCUT2D eigenvalue weighted by Gasteiger charge is 2.13. The maximum atomic E-state index is 11.7. The molecule has 0 bridgehead atoms. The highest BCUT2D eigenvalue weighted by atomic mass is 16.5. The predicted molar refractivity (Wildman–Crippen MR) is 107 cm³/mol. The van der Waals surface area contributed by atoms with Crippen molar-refractivity contribution < 1.29 is 9.53 Å². The number of benzene rings is 3. The topological polar surface area (TPSA) is 38.3 Å². The molecule has 3 aromatic rings. The molecule has 0 aliphatic carbocycles. The summed E-state index contributed by atoms with van der Waals surface area (Å²) in [5, 5.41) is 2.92. The Balaban J connectivity index is 2.19. The van der Waals surface area contributed by atoms with Crippen LogP contribution in [0, 0.1) is 0 Å². The lowest BCUT2D eigenvalue weighted by atomic mass is 9.94. The molecular weight excluding hydrogens is 322 g/mol. The van der Waals surface area contributed by atoms with E-state index < -0.39 is 0 Å². The highest BCUT2D eigenvalue weighted by molar-refractivity contribution is 5.99. The molecule has 26 heavy (non-hydrogen) atoms. The van der Waals surface area contributed by atoms with E-state index in [0.29, 0.717) is 5.75 Å². The molecule has 0 spiro atoms. The van der Waals surface area contributed by atoms with Crippen LogP contribution in [0.25, 0.3) is 11.6 Å². The fourth-order valence-corrected chi connectivity index (χ4v) is 2.83. The first kappa shape index (κ1) is 17.5. The van der Waals surface area contributed by atoms with Gasteiger partial charge in [0.15, 0.2) is 0 Å². The second kappa shape index (κ2) is 8.17. The van der Waals surface area contributed by atoms with Crippen LogP contribution in [0.4, 0.5) is 5.69 Å². The summed E-state index contributed by atoms with van der Waals surface area (Å²) in [7, 11) is 1.62. The van der Waals surface area contributed by atoms with Crippen molar-refractivity contribution in [1.82, 2.24) is 0 Å². The van der Waals surface area contributed by atoms with Crippen LogP contribution in [0.1, 0.15) is 23.6 Å². The Morgan fingerprint density at radius 3 is 2.19 bits per heavy atom. The number of nitrogens with one attached hydrogen (secondary N) is 1. The SMILES string of the molecule is COc1ccc(/C(=C/c2ccccc2)c2ccccc2)c(NC(C)=O)c1. The molecule has 0 fully saturated rings. The Kier molecular flexibility index (Phi) is 5.49. The van der Waals surface area contributed by atoms with E-state index in [2.05, 4.69) is 35.7 Å². The van der Waals surface area contributed by atoms with E-state index >= 15 is 0 Å². The largest absolute Gasteiger partial charge is 0.497 e. The molecule has 1 amide bonds. The van der Waals surface area contributed by atoms with Gasteiger partial charge in [0.2, 0.25) is 5.91 Å². The van der Waals surface area contributed by atoms with Gasteiger partial charge in [-0.3, -0.25) is 4.79 Å². The van der Waals surface area contributed by atoms with Crippen LogP contribution in [0.2, 0.25) is 0 Å². The molecule has 0 aliphatic rings. The van der Waals surface area contributed by atoms with Crippen molar-refractivity contribution in [2.45, 2.75) is 6.92 Å². The number of hydrogen-bond acceptors (Lipinski definition) is 2. The summed E-state index contributed by atoms with van der Waals surface area (Å²) in [5.41, 5.74) is 4.87. The van der Waals surface area contributed by atoms with Gasteiger partial charge in [0.05, 0.1) is 12.8 Å². The van der Waals surface area contributed by atoms with Gasteiger partial charge in [-0.05, 0) is 34.9 Å². The number of carbonyl (C=O) groups is 1. The lowest BCUT2D eigenvalue weighted by molar-refractivity contribution is -0.114. The quantitative estimate of drug-likeness (QED) is 0.643. The molecule has 1 N–H and O–H groups in total. The van der Waals surface area contributed by atoms with Crippen molar-refractivity contribution in [3.05, 3.63) is 95.6 Å². The average Bonchev–Trinajstić information content (AvgIpc) is 2.67. The van der Waals surface area contributed by atoms with Crippen molar-refractivity contribution in [2.75, 3.05) is 12.4 Å². The third-order valence-corrected chi connectivity index (χ3v) is 4.02. The summed E-state index contributed by atoms with van der Waals surface area (Å²) >= 11 is 0. The van der Waals surface area contributed by atoms with Crippen molar-refractivity contribution in [3.63, 3.8) is 0 Å². The third-order valence-electron chi connectivity index (χ3n) is 4.02. The second-order valence-corrected chi connectivity index (χ2v) is 5.93. The van der Waals surface area contributed by atoms with E-state index in [1.54, 1.807) is 7.11 Å². The number of rotatable bonds is 5. The van der Waals surface area contributed by atoms with Crippen LogP contribution in [-0.4, -0.2) is 13.0 Å². The summed E-state index contributed by atoms with van der Waals surface area (Å²) in [6.07, 6.45) is 2.13. The van der Waals surface area contributed by atoms with Crippen LogP contribution in [-0.2, 0) is 4.79 Å². The number of carbonyl (C=O) groups excluding carboxylic acids is 1. The summed E-state index contributed by atoms with van der Waals surface area (Å²) in [5.74, 6) is 0.580. The Bertz CT molecular complexity index is 915. The zero-order valence-electron chi connectivity index (χ0n) is 14.9. The number of anilines is 1. The molecule has 0 aliphatic heterocycles. The Hall–Kier alpha value is -3.33. The van der Waals surface area contributed by atoms with Crippen LogP contribution in [0.5, 0.6) is 5.75 Å². The van der Waals surface area contributed by atoms with E-state index in [4.69, 9.17) is 4.74 Å². The molecule has 3 heteroatoms. The summed E-state index contributed by atoms with van der Waals surface area (Å²) in [6.45, 7) is 1.51. The van der Waals surface area contributed by atoms with Crippen LogP contribution >= 0.6 is 0 Å². The Morgan fingerprint density at radius 2 is 1.58 bits per heavy atom. The van der Waals surface area contributed by atoms with Gasteiger partial charge < -0.3 is 10.1 Å². The molecule has 0 heterocycles. The Morgan fingerprint density at radius 1 is 0.923 bits per heavy atom. The van der Waals surface area contributed by atoms with E-state index in [1.165, 1.54) is 6.92 Å². The van der Waals surface area contributed by atoms with Gasteiger partial charge >= 0.3 is 0 Å². The average molecular weight is 343 g/mol. The summed E-state index contributed by atoms with van der Waals surface area (Å²) in [6, 6.07) is 26.0. The monoisotopic (exact) mass is 343 g/mol. The number of ether oxygens (including phenoxy) is 1. The molecule has 130 valence electrons. The molecular formula is C23H21NO2. The first-order valence-electron chi connectivity index (χ1n) is 8.45. The molecule has 0 saturated heterocycles. The summed E-state index contributed by atoms with van der Waals surface area (Å²) in [4.78, 5) is 11.7. The van der Waals surface area contributed by atoms with Gasteiger partial charge in [0.25, 0.3) is 0 Å². The highest BCUT2D eigenvalue weighted by Crippen LogP contribution is 2.34. The predicted octanol–water partition coefficient (Wildman–Crippen LogP) is 5.24. The minimum Gasteiger partial charge on any atom is -0.497 e. The Labute approximate surface area is 154 Å². The van der Waals surface area contributed by atoms with Crippen LogP contribution < -0.4 is 10.1 Å².